The van der Waals surface area contributed by atoms with Crippen LogP contribution in [0.15, 0.2) is 30.3 Å². The molecule has 3 amide bonds. The third-order valence-electron chi connectivity index (χ3n) is 4.75. The SMILES string of the molecule is CC(C)CC(NC(=O)OCc1ccccc1)C(=O)NC1CCCCOCNC(=O)C1=O. The van der Waals surface area contributed by atoms with Crippen LogP contribution >= 0.6 is 0 Å². The van der Waals surface area contributed by atoms with E-state index in [2.05, 4.69) is 16.0 Å². The maximum Gasteiger partial charge on any atom is 0.408 e. The molecule has 31 heavy (non-hydrogen) atoms. The Balaban J connectivity index is 1.98. The van der Waals surface area contributed by atoms with Gasteiger partial charge in [-0.15, -0.1) is 0 Å². The highest BCUT2D eigenvalue weighted by atomic mass is 16.5. The third-order valence-corrected chi connectivity index (χ3v) is 4.75. The van der Waals surface area contributed by atoms with Crippen molar-refractivity contribution in [2.75, 3.05) is 13.3 Å². The molecule has 2 unspecified atom stereocenters. The van der Waals surface area contributed by atoms with Crippen molar-refractivity contribution < 1.29 is 28.7 Å². The van der Waals surface area contributed by atoms with Gasteiger partial charge in [-0.3, -0.25) is 14.4 Å². The average Bonchev–Trinajstić information content (AvgIpc) is 2.75. The van der Waals surface area contributed by atoms with E-state index in [1.54, 1.807) is 0 Å². The van der Waals surface area contributed by atoms with Crippen molar-refractivity contribution in [2.24, 2.45) is 5.92 Å². The number of hydrogen-bond acceptors (Lipinski definition) is 6. The molecule has 1 saturated heterocycles. The van der Waals surface area contributed by atoms with Gasteiger partial charge in [-0.25, -0.2) is 4.79 Å². The Hall–Kier alpha value is -2.94. The van der Waals surface area contributed by atoms with Crippen LogP contribution in [0.25, 0.3) is 0 Å². The molecule has 9 nitrogen and oxygen atoms in total. The van der Waals surface area contributed by atoms with Gasteiger partial charge in [-0.05, 0) is 37.2 Å². The molecule has 1 aliphatic rings. The van der Waals surface area contributed by atoms with E-state index in [9.17, 15) is 19.2 Å². The van der Waals surface area contributed by atoms with E-state index in [0.717, 1.165) is 5.56 Å². The zero-order chi connectivity index (χ0) is 22.6. The second-order valence-corrected chi connectivity index (χ2v) is 7.87. The van der Waals surface area contributed by atoms with Crippen LogP contribution in [0, 0.1) is 5.92 Å². The lowest BCUT2D eigenvalue weighted by atomic mass is 10.0. The second-order valence-electron chi connectivity index (χ2n) is 7.87. The highest BCUT2D eigenvalue weighted by molar-refractivity contribution is 6.38. The Morgan fingerprint density at radius 1 is 1.19 bits per heavy atom. The normalized spacial score (nSPS) is 18.6. The van der Waals surface area contributed by atoms with Crippen LogP contribution in [0.5, 0.6) is 0 Å². The highest BCUT2D eigenvalue weighted by Crippen LogP contribution is 2.09. The lowest BCUT2D eigenvalue weighted by Crippen LogP contribution is -2.54. The van der Waals surface area contributed by atoms with Crippen molar-refractivity contribution in [2.45, 2.75) is 58.2 Å². The van der Waals surface area contributed by atoms with E-state index in [-0.39, 0.29) is 19.3 Å². The summed E-state index contributed by atoms with van der Waals surface area (Å²) in [5.41, 5.74) is 0.824. The van der Waals surface area contributed by atoms with Gasteiger partial charge in [0, 0.05) is 6.61 Å². The Morgan fingerprint density at radius 2 is 1.94 bits per heavy atom. The van der Waals surface area contributed by atoms with Crippen molar-refractivity contribution in [3.63, 3.8) is 0 Å². The molecule has 1 heterocycles. The van der Waals surface area contributed by atoms with Gasteiger partial charge in [0.2, 0.25) is 11.7 Å². The van der Waals surface area contributed by atoms with Gasteiger partial charge in [-0.2, -0.15) is 0 Å². The minimum atomic E-state index is -0.956. The van der Waals surface area contributed by atoms with E-state index in [1.807, 2.05) is 44.2 Å². The molecule has 0 aliphatic carbocycles. The molecule has 1 fully saturated rings. The topological polar surface area (TPSA) is 123 Å². The smallest absolute Gasteiger partial charge is 0.408 e. The molecule has 0 bridgehead atoms. The van der Waals surface area contributed by atoms with Crippen LogP contribution in [0.2, 0.25) is 0 Å². The standard InChI is InChI=1S/C22H31N3O6/c1-15(2)12-18(25-22(29)31-13-16-8-4-3-5-9-16)20(27)24-17-10-6-7-11-30-14-23-21(28)19(17)26/h3-5,8-9,15,17-18H,6-7,10-14H2,1-2H3,(H,23,28)(H,24,27)(H,25,29). The Labute approximate surface area is 182 Å². The van der Waals surface area contributed by atoms with Gasteiger partial charge in [0.25, 0.3) is 5.91 Å². The van der Waals surface area contributed by atoms with Gasteiger partial charge >= 0.3 is 6.09 Å². The van der Waals surface area contributed by atoms with E-state index in [4.69, 9.17) is 9.47 Å². The van der Waals surface area contributed by atoms with Crippen LogP contribution in [0.4, 0.5) is 4.79 Å². The summed E-state index contributed by atoms with van der Waals surface area (Å²) in [7, 11) is 0. The number of Topliss-reactive ketones (excluding diaryl/α,β-unsaturated/α-hetero) is 1. The molecule has 170 valence electrons. The zero-order valence-corrected chi connectivity index (χ0v) is 18.0. The molecule has 0 saturated carbocycles. The fourth-order valence-corrected chi connectivity index (χ4v) is 3.14. The molecule has 0 spiro atoms. The summed E-state index contributed by atoms with van der Waals surface area (Å²) in [6, 6.07) is 7.34. The van der Waals surface area contributed by atoms with Crippen molar-refractivity contribution in [3.05, 3.63) is 35.9 Å². The number of amides is 3. The maximum atomic E-state index is 12.9. The number of carbonyl (C=O) groups excluding carboxylic acids is 4. The number of ether oxygens (including phenoxy) is 2. The lowest BCUT2D eigenvalue weighted by Gasteiger charge is -2.24. The summed E-state index contributed by atoms with van der Waals surface area (Å²) in [5, 5.41) is 7.60. The molecule has 0 aromatic heterocycles. The maximum absolute atomic E-state index is 12.9. The number of ketones is 1. The molecule has 1 aromatic rings. The van der Waals surface area contributed by atoms with Crippen molar-refractivity contribution in [3.8, 4) is 0 Å². The van der Waals surface area contributed by atoms with Crippen LogP contribution in [-0.4, -0.2) is 49.1 Å². The summed E-state index contributed by atoms with van der Waals surface area (Å²) in [5.74, 6) is -1.95. The first kappa shape index (κ1) is 24.3. The van der Waals surface area contributed by atoms with Gasteiger partial charge < -0.3 is 25.4 Å². The number of benzene rings is 1. The number of alkyl carbamates (subject to hydrolysis) is 1. The van der Waals surface area contributed by atoms with Crippen LogP contribution in [0.1, 0.15) is 45.1 Å². The Bertz CT molecular complexity index is 753. The van der Waals surface area contributed by atoms with E-state index >= 15 is 0 Å². The predicted octanol–water partition coefficient (Wildman–Crippen LogP) is 1.66. The Morgan fingerprint density at radius 3 is 2.65 bits per heavy atom. The second kappa shape index (κ2) is 12.7. The van der Waals surface area contributed by atoms with Gasteiger partial charge in [-0.1, -0.05) is 44.2 Å². The molecule has 0 radical (unpaired) electrons. The monoisotopic (exact) mass is 433 g/mol. The molecule has 2 atom stereocenters. The molecular formula is C22H31N3O6. The largest absolute Gasteiger partial charge is 0.445 e. The van der Waals surface area contributed by atoms with Crippen LogP contribution < -0.4 is 16.0 Å². The van der Waals surface area contributed by atoms with Crippen molar-refractivity contribution in [1.82, 2.24) is 16.0 Å². The summed E-state index contributed by atoms with van der Waals surface area (Å²) in [6.45, 7) is 4.32. The number of hydrogen-bond donors (Lipinski definition) is 3. The van der Waals surface area contributed by atoms with Crippen LogP contribution in [-0.2, 0) is 30.5 Å². The van der Waals surface area contributed by atoms with Crippen molar-refractivity contribution in [1.29, 1.82) is 0 Å². The van der Waals surface area contributed by atoms with E-state index < -0.39 is 35.8 Å². The summed E-state index contributed by atoms with van der Waals surface area (Å²) < 4.78 is 10.4. The molecule has 1 aliphatic heterocycles. The number of rotatable bonds is 7. The highest BCUT2D eigenvalue weighted by Gasteiger charge is 2.30. The quantitative estimate of drug-likeness (QED) is 0.562. The number of carbonyl (C=O) groups is 4. The van der Waals surface area contributed by atoms with Gasteiger partial charge in [0.05, 0.1) is 6.04 Å². The van der Waals surface area contributed by atoms with Crippen LogP contribution in [0.3, 0.4) is 0 Å². The zero-order valence-electron chi connectivity index (χ0n) is 18.0. The van der Waals surface area contributed by atoms with Crippen molar-refractivity contribution >= 4 is 23.7 Å². The summed E-state index contributed by atoms with van der Waals surface area (Å²) in [4.78, 5) is 49.5. The van der Waals surface area contributed by atoms with Gasteiger partial charge in [0.1, 0.15) is 19.4 Å². The molecule has 1 aromatic carbocycles. The minimum Gasteiger partial charge on any atom is -0.445 e. The summed E-state index contributed by atoms with van der Waals surface area (Å²) >= 11 is 0. The molecule has 2 rings (SSSR count). The fourth-order valence-electron chi connectivity index (χ4n) is 3.14. The first-order chi connectivity index (χ1) is 14.9. The lowest BCUT2D eigenvalue weighted by molar-refractivity contribution is -0.141. The Kier molecular flexibility index (Phi) is 9.96. The van der Waals surface area contributed by atoms with E-state index in [1.165, 1.54) is 0 Å². The molecular weight excluding hydrogens is 402 g/mol. The predicted molar refractivity (Wildman–Crippen MR) is 113 cm³/mol. The molecule has 9 heteroatoms. The third kappa shape index (κ3) is 8.75. The average molecular weight is 434 g/mol. The minimum absolute atomic E-state index is 0.0456. The fraction of sp³-hybridized carbons (Fsp3) is 0.545. The molecule has 3 N–H and O–H groups in total. The first-order valence-electron chi connectivity index (χ1n) is 10.5. The summed E-state index contributed by atoms with van der Waals surface area (Å²) in [6.07, 6.45) is 1.26. The van der Waals surface area contributed by atoms with E-state index in [0.29, 0.717) is 32.3 Å². The first-order valence-corrected chi connectivity index (χ1v) is 10.5. The number of nitrogens with one attached hydrogen (secondary N) is 3. The van der Waals surface area contributed by atoms with Gasteiger partial charge in [0.15, 0.2) is 0 Å².